The zero-order chi connectivity index (χ0) is 17.4. The quantitative estimate of drug-likeness (QED) is 0.650. The number of hydrogen-bond donors (Lipinski definition) is 0. The molecule has 0 fully saturated rings. The standard InChI is InChI=1S/C17H14F3N3S2/c18-17(19,20)16-21-6-13-7-23(3-1-15(13)22-16)8-14-5-12(10-25-14)11-2-4-24-9-11/h2,4-6,9-10H,1,3,7-8H2. The Morgan fingerprint density at radius 1 is 1.20 bits per heavy atom. The van der Waals surface area contributed by atoms with Crippen LogP contribution in [0.4, 0.5) is 13.2 Å². The molecule has 0 aliphatic carbocycles. The fourth-order valence-corrected chi connectivity index (χ4v) is 4.51. The number of aromatic nitrogens is 2. The first-order chi connectivity index (χ1) is 12.0. The summed E-state index contributed by atoms with van der Waals surface area (Å²) < 4.78 is 38.1. The second-order valence-corrected chi connectivity index (χ2v) is 7.71. The average molecular weight is 381 g/mol. The van der Waals surface area contributed by atoms with Crippen molar-refractivity contribution in [3.8, 4) is 11.1 Å². The van der Waals surface area contributed by atoms with E-state index in [1.807, 2.05) is 0 Å². The molecule has 25 heavy (non-hydrogen) atoms. The SMILES string of the molecule is FC(F)(F)c1ncc2c(n1)CCN(Cc1cc(-c3ccsc3)cs1)C2. The Hall–Kier alpha value is -1.77. The van der Waals surface area contributed by atoms with Gasteiger partial charge in [-0.2, -0.15) is 24.5 Å². The van der Waals surface area contributed by atoms with E-state index in [1.54, 1.807) is 22.7 Å². The van der Waals surface area contributed by atoms with Crippen LogP contribution in [0.15, 0.2) is 34.5 Å². The van der Waals surface area contributed by atoms with Crippen molar-refractivity contribution >= 4 is 22.7 Å². The van der Waals surface area contributed by atoms with Gasteiger partial charge in [0.2, 0.25) is 5.82 Å². The van der Waals surface area contributed by atoms with E-state index >= 15 is 0 Å². The van der Waals surface area contributed by atoms with E-state index in [0.717, 1.165) is 12.1 Å². The van der Waals surface area contributed by atoms with E-state index in [-0.39, 0.29) is 0 Å². The molecule has 0 aromatic carbocycles. The molecular formula is C17H14F3N3S2. The smallest absolute Gasteiger partial charge is 0.293 e. The van der Waals surface area contributed by atoms with Crippen LogP contribution in [0.5, 0.6) is 0 Å². The third-order valence-electron chi connectivity index (χ3n) is 4.15. The molecule has 0 saturated heterocycles. The van der Waals surface area contributed by atoms with Crippen molar-refractivity contribution in [2.45, 2.75) is 25.7 Å². The van der Waals surface area contributed by atoms with E-state index in [2.05, 4.69) is 43.1 Å². The van der Waals surface area contributed by atoms with Gasteiger partial charge in [-0.15, -0.1) is 11.3 Å². The van der Waals surface area contributed by atoms with E-state index in [0.29, 0.717) is 25.2 Å². The molecule has 0 atom stereocenters. The second-order valence-electron chi connectivity index (χ2n) is 5.94. The predicted molar refractivity (Wildman–Crippen MR) is 92.5 cm³/mol. The van der Waals surface area contributed by atoms with Gasteiger partial charge in [-0.3, -0.25) is 4.90 Å². The number of thiophene rings is 2. The lowest BCUT2D eigenvalue weighted by Gasteiger charge is -2.27. The minimum atomic E-state index is -4.48. The van der Waals surface area contributed by atoms with Crippen molar-refractivity contribution < 1.29 is 13.2 Å². The van der Waals surface area contributed by atoms with Gasteiger partial charge in [0.15, 0.2) is 0 Å². The number of hydrogen-bond acceptors (Lipinski definition) is 5. The highest BCUT2D eigenvalue weighted by atomic mass is 32.1. The fraction of sp³-hybridized carbons (Fsp3) is 0.294. The van der Waals surface area contributed by atoms with Gasteiger partial charge in [-0.05, 0) is 39.4 Å². The first-order valence-electron chi connectivity index (χ1n) is 7.73. The first-order valence-corrected chi connectivity index (χ1v) is 9.55. The highest BCUT2D eigenvalue weighted by molar-refractivity contribution is 7.10. The summed E-state index contributed by atoms with van der Waals surface area (Å²) in [6.07, 6.45) is -2.65. The van der Waals surface area contributed by atoms with Crippen LogP contribution in [-0.2, 0) is 25.7 Å². The summed E-state index contributed by atoms with van der Waals surface area (Å²) in [7, 11) is 0. The van der Waals surface area contributed by atoms with Crippen molar-refractivity contribution in [3.63, 3.8) is 0 Å². The summed E-state index contributed by atoms with van der Waals surface area (Å²) >= 11 is 3.39. The summed E-state index contributed by atoms with van der Waals surface area (Å²) in [6.45, 7) is 2.07. The van der Waals surface area contributed by atoms with Gasteiger partial charge in [0.05, 0.1) is 5.69 Å². The molecule has 0 N–H and O–H groups in total. The highest BCUT2D eigenvalue weighted by Crippen LogP contribution is 2.30. The Bertz CT molecular complexity index is 872. The summed E-state index contributed by atoms with van der Waals surface area (Å²) in [4.78, 5) is 10.7. The largest absolute Gasteiger partial charge is 0.451 e. The highest BCUT2D eigenvalue weighted by Gasteiger charge is 2.35. The van der Waals surface area contributed by atoms with Gasteiger partial charge in [-0.25, -0.2) is 9.97 Å². The summed E-state index contributed by atoms with van der Waals surface area (Å²) in [5, 5.41) is 6.33. The Balaban J connectivity index is 1.46. The van der Waals surface area contributed by atoms with Crippen molar-refractivity contribution in [2.24, 2.45) is 0 Å². The number of nitrogens with zero attached hydrogens (tertiary/aromatic N) is 3. The second kappa shape index (κ2) is 6.51. The van der Waals surface area contributed by atoms with Crippen LogP contribution >= 0.6 is 22.7 Å². The molecule has 3 aromatic heterocycles. The normalized spacial score (nSPS) is 15.3. The zero-order valence-corrected chi connectivity index (χ0v) is 14.7. The number of rotatable bonds is 3. The van der Waals surface area contributed by atoms with Gasteiger partial charge < -0.3 is 0 Å². The molecule has 0 spiro atoms. The molecule has 3 aromatic rings. The topological polar surface area (TPSA) is 29.0 Å². The molecular weight excluding hydrogens is 367 g/mol. The van der Waals surface area contributed by atoms with Crippen molar-refractivity contribution in [1.82, 2.24) is 14.9 Å². The predicted octanol–water partition coefficient (Wildman–Crippen LogP) is 4.84. The Labute approximate surface area is 150 Å². The minimum absolute atomic E-state index is 0.517. The number of halogens is 3. The summed E-state index contributed by atoms with van der Waals surface area (Å²) in [6, 6.07) is 4.29. The number of fused-ring (bicyclic) bond motifs is 1. The molecule has 0 amide bonds. The van der Waals surface area contributed by atoms with Crippen molar-refractivity contribution in [1.29, 1.82) is 0 Å². The monoisotopic (exact) mass is 381 g/mol. The molecule has 3 nitrogen and oxygen atoms in total. The molecule has 1 aliphatic rings. The minimum Gasteiger partial charge on any atom is -0.293 e. The summed E-state index contributed by atoms with van der Waals surface area (Å²) in [5.74, 6) is -1.04. The maximum absolute atomic E-state index is 12.7. The zero-order valence-electron chi connectivity index (χ0n) is 13.1. The molecule has 0 bridgehead atoms. The average Bonchev–Trinajstić information content (AvgIpc) is 3.24. The Kier molecular flexibility index (Phi) is 4.35. The third-order valence-corrected chi connectivity index (χ3v) is 5.76. The van der Waals surface area contributed by atoms with E-state index in [9.17, 15) is 13.2 Å². The molecule has 0 saturated carbocycles. The van der Waals surface area contributed by atoms with Crippen molar-refractivity contribution in [2.75, 3.05) is 6.54 Å². The van der Waals surface area contributed by atoms with E-state index in [4.69, 9.17) is 0 Å². The molecule has 8 heteroatoms. The first kappa shape index (κ1) is 16.7. The number of alkyl halides is 3. The van der Waals surface area contributed by atoms with Gasteiger partial charge >= 0.3 is 6.18 Å². The molecule has 0 radical (unpaired) electrons. The van der Waals surface area contributed by atoms with Crippen LogP contribution in [0.1, 0.15) is 22.0 Å². The molecule has 130 valence electrons. The van der Waals surface area contributed by atoms with E-state index in [1.165, 1.54) is 22.2 Å². The van der Waals surface area contributed by atoms with Crippen LogP contribution in [0.2, 0.25) is 0 Å². The van der Waals surface area contributed by atoms with Gasteiger partial charge in [0.25, 0.3) is 0 Å². The van der Waals surface area contributed by atoms with Gasteiger partial charge in [0.1, 0.15) is 0 Å². The van der Waals surface area contributed by atoms with Crippen LogP contribution in [0, 0.1) is 0 Å². The maximum Gasteiger partial charge on any atom is 0.451 e. The van der Waals surface area contributed by atoms with Crippen LogP contribution < -0.4 is 0 Å². The lowest BCUT2D eigenvalue weighted by atomic mass is 10.1. The van der Waals surface area contributed by atoms with Crippen LogP contribution in [0.3, 0.4) is 0 Å². The molecule has 0 unspecified atom stereocenters. The summed E-state index contributed by atoms with van der Waals surface area (Å²) in [5.41, 5.74) is 3.75. The Morgan fingerprint density at radius 2 is 2.08 bits per heavy atom. The fourth-order valence-electron chi connectivity index (χ4n) is 2.91. The molecule has 4 rings (SSSR count). The van der Waals surface area contributed by atoms with E-state index < -0.39 is 12.0 Å². The molecule has 4 heterocycles. The maximum atomic E-state index is 12.7. The molecule has 1 aliphatic heterocycles. The van der Waals surface area contributed by atoms with Gasteiger partial charge in [0, 0.05) is 42.7 Å². The van der Waals surface area contributed by atoms with Crippen LogP contribution in [0.25, 0.3) is 11.1 Å². The lowest BCUT2D eigenvalue weighted by Crippen LogP contribution is -2.31. The van der Waals surface area contributed by atoms with Gasteiger partial charge in [-0.1, -0.05) is 0 Å². The Morgan fingerprint density at radius 3 is 2.84 bits per heavy atom. The third kappa shape index (κ3) is 3.61. The van der Waals surface area contributed by atoms with Crippen molar-refractivity contribution in [3.05, 3.63) is 56.4 Å². The van der Waals surface area contributed by atoms with Crippen LogP contribution in [-0.4, -0.2) is 21.4 Å². The lowest BCUT2D eigenvalue weighted by molar-refractivity contribution is -0.145.